The molecule has 54 valence electrons. The molecule has 0 heterocycles. The van der Waals surface area contributed by atoms with Crippen LogP contribution in [0.3, 0.4) is 0 Å². The third-order valence-corrected chi connectivity index (χ3v) is 2.05. The minimum absolute atomic E-state index is 0.0602. The van der Waals surface area contributed by atoms with E-state index in [0.29, 0.717) is 0 Å². The molecule has 0 aliphatic heterocycles. The molecule has 0 radical (unpaired) electrons. The highest BCUT2D eigenvalue weighted by atomic mass is 79.9. The van der Waals surface area contributed by atoms with Gasteiger partial charge in [0, 0.05) is 4.83 Å². The first-order chi connectivity index (χ1) is 4.09. The van der Waals surface area contributed by atoms with Gasteiger partial charge in [0.05, 0.1) is 13.0 Å². The number of hydrogen-bond acceptors (Lipinski definition) is 2. The van der Waals surface area contributed by atoms with E-state index in [1.807, 2.05) is 13.8 Å². The van der Waals surface area contributed by atoms with Crippen LogP contribution < -0.4 is 0 Å². The first-order valence-electron chi connectivity index (χ1n) is 2.81. The fourth-order valence-corrected chi connectivity index (χ4v) is 0.589. The molecule has 2 atom stereocenters. The molecule has 1 unspecified atom stereocenters. The second-order valence-electron chi connectivity index (χ2n) is 1.99. The van der Waals surface area contributed by atoms with Crippen LogP contribution in [0.4, 0.5) is 0 Å². The second kappa shape index (κ2) is 3.88. The SMILES string of the molecule is COC(=O)[C@H](C)C(C)Br. The molecule has 0 rings (SSSR count). The maximum atomic E-state index is 10.7. The summed E-state index contributed by atoms with van der Waals surface area (Å²) in [5.74, 6) is -0.227. The highest BCUT2D eigenvalue weighted by Gasteiger charge is 2.17. The van der Waals surface area contributed by atoms with Crippen molar-refractivity contribution in [3.05, 3.63) is 0 Å². The predicted octanol–water partition coefficient (Wildman–Crippen LogP) is 1.58. The lowest BCUT2D eigenvalue weighted by atomic mass is 10.1. The van der Waals surface area contributed by atoms with Crippen LogP contribution in [-0.4, -0.2) is 17.9 Å². The summed E-state index contributed by atoms with van der Waals surface area (Å²) in [6, 6.07) is 0. The van der Waals surface area contributed by atoms with Crippen LogP contribution >= 0.6 is 15.9 Å². The Morgan fingerprint density at radius 3 is 2.11 bits per heavy atom. The lowest BCUT2D eigenvalue weighted by molar-refractivity contribution is -0.144. The van der Waals surface area contributed by atoms with Crippen molar-refractivity contribution in [1.29, 1.82) is 0 Å². The Balaban J connectivity index is 3.72. The maximum absolute atomic E-state index is 10.7. The Labute approximate surface area is 63.7 Å². The largest absolute Gasteiger partial charge is 0.469 e. The Kier molecular flexibility index (Phi) is 3.86. The normalized spacial score (nSPS) is 16.4. The van der Waals surface area contributed by atoms with E-state index in [1.165, 1.54) is 7.11 Å². The highest BCUT2D eigenvalue weighted by Crippen LogP contribution is 2.12. The Hall–Kier alpha value is -0.0500. The van der Waals surface area contributed by atoms with Gasteiger partial charge < -0.3 is 4.74 Å². The van der Waals surface area contributed by atoms with Crippen molar-refractivity contribution in [3.63, 3.8) is 0 Å². The Morgan fingerprint density at radius 1 is 1.56 bits per heavy atom. The van der Waals surface area contributed by atoms with Gasteiger partial charge in [0.25, 0.3) is 0 Å². The van der Waals surface area contributed by atoms with Crippen LogP contribution in [-0.2, 0) is 9.53 Å². The number of hydrogen-bond donors (Lipinski definition) is 0. The standard InChI is InChI=1S/C6H11BrO2/c1-4(5(2)7)6(8)9-3/h4-5H,1-3H3/t4-,5?/m1/s1. The number of carbonyl (C=O) groups is 1. The third kappa shape index (κ3) is 2.84. The Bertz CT molecular complexity index is 101. The summed E-state index contributed by atoms with van der Waals surface area (Å²) in [4.78, 5) is 10.9. The van der Waals surface area contributed by atoms with Crippen LogP contribution in [0.1, 0.15) is 13.8 Å². The van der Waals surface area contributed by atoms with Crippen molar-refractivity contribution in [3.8, 4) is 0 Å². The molecule has 0 saturated carbocycles. The topological polar surface area (TPSA) is 26.3 Å². The summed E-state index contributed by atoms with van der Waals surface area (Å²) in [6.45, 7) is 3.74. The van der Waals surface area contributed by atoms with Gasteiger partial charge in [-0.25, -0.2) is 0 Å². The van der Waals surface area contributed by atoms with E-state index in [4.69, 9.17) is 0 Å². The number of alkyl halides is 1. The highest BCUT2D eigenvalue weighted by molar-refractivity contribution is 9.09. The van der Waals surface area contributed by atoms with Crippen LogP contribution in [0.2, 0.25) is 0 Å². The minimum Gasteiger partial charge on any atom is -0.469 e. The summed E-state index contributed by atoms with van der Waals surface area (Å²) in [5.41, 5.74) is 0. The molecule has 3 heteroatoms. The summed E-state index contributed by atoms with van der Waals surface area (Å²) in [5, 5.41) is 0. The fourth-order valence-electron chi connectivity index (χ4n) is 0.373. The lowest BCUT2D eigenvalue weighted by Gasteiger charge is -2.09. The maximum Gasteiger partial charge on any atom is 0.309 e. The van der Waals surface area contributed by atoms with Gasteiger partial charge in [-0.05, 0) is 0 Å². The molecule has 0 spiro atoms. The van der Waals surface area contributed by atoms with Gasteiger partial charge in [0.15, 0.2) is 0 Å². The molecule has 0 aromatic heterocycles. The van der Waals surface area contributed by atoms with Crippen molar-refractivity contribution < 1.29 is 9.53 Å². The molecular formula is C6H11BrO2. The molecule has 2 nitrogen and oxygen atoms in total. The van der Waals surface area contributed by atoms with Crippen LogP contribution in [0, 0.1) is 5.92 Å². The molecule has 0 bridgehead atoms. The molecule has 0 fully saturated rings. The van der Waals surface area contributed by atoms with Crippen LogP contribution in [0.25, 0.3) is 0 Å². The van der Waals surface area contributed by atoms with E-state index in [-0.39, 0.29) is 16.7 Å². The molecular weight excluding hydrogens is 184 g/mol. The van der Waals surface area contributed by atoms with E-state index in [1.54, 1.807) is 0 Å². The van der Waals surface area contributed by atoms with E-state index >= 15 is 0 Å². The molecule has 0 saturated heterocycles. The Morgan fingerprint density at radius 2 is 2.00 bits per heavy atom. The van der Waals surface area contributed by atoms with E-state index in [2.05, 4.69) is 20.7 Å². The van der Waals surface area contributed by atoms with Crippen molar-refractivity contribution in [2.75, 3.05) is 7.11 Å². The monoisotopic (exact) mass is 194 g/mol. The molecule has 0 aromatic rings. The first-order valence-corrected chi connectivity index (χ1v) is 3.73. The number of rotatable bonds is 2. The predicted molar refractivity (Wildman–Crippen MR) is 39.6 cm³/mol. The summed E-state index contributed by atoms with van der Waals surface area (Å²) < 4.78 is 4.50. The fraction of sp³-hybridized carbons (Fsp3) is 0.833. The van der Waals surface area contributed by atoms with Gasteiger partial charge in [-0.15, -0.1) is 0 Å². The van der Waals surface area contributed by atoms with Crippen LogP contribution in [0.15, 0.2) is 0 Å². The van der Waals surface area contributed by atoms with Gasteiger partial charge >= 0.3 is 5.97 Å². The van der Waals surface area contributed by atoms with Gasteiger partial charge in [-0.2, -0.15) is 0 Å². The van der Waals surface area contributed by atoms with Crippen molar-refractivity contribution >= 4 is 21.9 Å². The number of esters is 1. The van der Waals surface area contributed by atoms with Gasteiger partial charge in [0.2, 0.25) is 0 Å². The number of halogens is 1. The zero-order valence-corrected chi connectivity index (χ0v) is 7.44. The molecule has 0 N–H and O–H groups in total. The smallest absolute Gasteiger partial charge is 0.309 e. The van der Waals surface area contributed by atoms with Gasteiger partial charge in [-0.3, -0.25) is 4.79 Å². The van der Waals surface area contributed by atoms with Gasteiger partial charge in [0.1, 0.15) is 0 Å². The van der Waals surface area contributed by atoms with Crippen molar-refractivity contribution in [2.45, 2.75) is 18.7 Å². The average Bonchev–Trinajstić information content (AvgIpc) is 1.84. The number of methoxy groups -OCH3 is 1. The average molecular weight is 195 g/mol. The molecule has 0 aromatic carbocycles. The zero-order valence-electron chi connectivity index (χ0n) is 5.85. The van der Waals surface area contributed by atoms with E-state index < -0.39 is 0 Å². The summed E-state index contributed by atoms with van der Waals surface area (Å²) in [7, 11) is 1.40. The lowest BCUT2D eigenvalue weighted by Crippen LogP contribution is -2.19. The molecule has 0 aliphatic rings. The van der Waals surface area contributed by atoms with E-state index in [0.717, 1.165) is 0 Å². The second-order valence-corrected chi connectivity index (χ2v) is 3.43. The quantitative estimate of drug-likeness (QED) is 0.493. The molecule has 0 aliphatic carbocycles. The summed E-state index contributed by atoms with van der Waals surface area (Å²) >= 11 is 3.28. The minimum atomic E-state index is -0.167. The third-order valence-electron chi connectivity index (χ3n) is 1.26. The molecule has 0 amide bonds. The first kappa shape index (κ1) is 8.95. The zero-order chi connectivity index (χ0) is 7.44. The van der Waals surface area contributed by atoms with Crippen molar-refractivity contribution in [2.24, 2.45) is 5.92 Å². The number of carbonyl (C=O) groups excluding carboxylic acids is 1. The van der Waals surface area contributed by atoms with Crippen LogP contribution in [0.5, 0.6) is 0 Å². The molecule has 9 heavy (non-hydrogen) atoms. The number of ether oxygens (including phenoxy) is 1. The van der Waals surface area contributed by atoms with E-state index in [9.17, 15) is 4.79 Å². The van der Waals surface area contributed by atoms with Gasteiger partial charge in [-0.1, -0.05) is 29.8 Å². The summed E-state index contributed by atoms with van der Waals surface area (Å²) in [6.07, 6.45) is 0. The van der Waals surface area contributed by atoms with Crippen molar-refractivity contribution in [1.82, 2.24) is 0 Å².